The van der Waals surface area contributed by atoms with E-state index in [1.165, 1.54) is 10.4 Å². The fourth-order valence-corrected chi connectivity index (χ4v) is 6.96. The molecule has 0 spiro atoms. The molecule has 0 radical (unpaired) electrons. The van der Waals surface area contributed by atoms with E-state index in [0.717, 1.165) is 40.9 Å². The molecule has 0 aliphatic rings. The van der Waals surface area contributed by atoms with Crippen molar-refractivity contribution in [1.29, 1.82) is 0 Å². The highest BCUT2D eigenvalue weighted by Gasteiger charge is 2.31. The third-order valence-electron chi connectivity index (χ3n) is 6.19. The fourth-order valence-electron chi connectivity index (χ4n) is 4.23. The molecule has 3 aromatic rings. The Morgan fingerprint density at radius 2 is 1.87 bits per heavy atom. The predicted molar refractivity (Wildman–Crippen MR) is 152 cm³/mol. The van der Waals surface area contributed by atoms with Crippen molar-refractivity contribution in [3.63, 3.8) is 0 Å². The lowest BCUT2D eigenvalue weighted by Crippen LogP contribution is -2.50. The summed E-state index contributed by atoms with van der Waals surface area (Å²) in [5.74, 6) is 1.74. The average Bonchev–Trinajstić information content (AvgIpc) is 3.28. The SMILES string of the molecule is CCCCSCc1coc2ccc(S(=O)(=O)N(CC(C)C)CC(O)C(Cc3ccccc3)NC(=O)O)cc12. The van der Waals surface area contributed by atoms with Crippen molar-refractivity contribution in [2.45, 2.75) is 62.8 Å². The van der Waals surface area contributed by atoms with E-state index in [2.05, 4.69) is 12.2 Å². The minimum atomic E-state index is -3.99. The summed E-state index contributed by atoms with van der Waals surface area (Å²) in [5.41, 5.74) is 2.40. The lowest BCUT2D eigenvalue weighted by molar-refractivity contribution is 0.0980. The molecule has 3 rings (SSSR count). The number of carboxylic acid groups (broad SMARTS) is 1. The van der Waals surface area contributed by atoms with Crippen LogP contribution in [-0.2, 0) is 22.2 Å². The molecule has 2 aromatic carbocycles. The van der Waals surface area contributed by atoms with Gasteiger partial charge in [-0.25, -0.2) is 13.2 Å². The maximum atomic E-state index is 13.8. The number of aliphatic hydroxyl groups excluding tert-OH is 1. The second-order valence-corrected chi connectivity index (χ2v) is 12.9. The molecule has 38 heavy (non-hydrogen) atoms. The van der Waals surface area contributed by atoms with Gasteiger partial charge in [-0.1, -0.05) is 57.5 Å². The lowest BCUT2D eigenvalue weighted by Gasteiger charge is -2.30. The Balaban J connectivity index is 1.86. The van der Waals surface area contributed by atoms with Gasteiger partial charge in [0, 0.05) is 29.8 Å². The van der Waals surface area contributed by atoms with E-state index in [1.807, 2.05) is 44.2 Å². The van der Waals surface area contributed by atoms with Gasteiger partial charge in [0.15, 0.2) is 0 Å². The van der Waals surface area contributed by atoms with Gasteiger partial charge in [-0.15, -0.1) is 0 Å². The molecule has 0 saturated heterocycles. The molecular formula is C28H38N2O6S2. The van der Waals surface area contributed by atoms with Crippen molar-refractivity contribution in [1.82, 2.24) is 9.62 Å². The smallest absolute Gasteiger partial charge is 0.404 e. The molecule has 8 nitrogen and oxygen atoms in total. The van der Waals surface area contributed by atoms with Crippen molar-refractivity contribution in [3.8, 4) is 0 Å². The van der Waals surface area contributed by atoms with Crippen LogP contribution in [0, 0.1) is 5.92 Å². The van der Waals surface area contributed by atoms with Crippen LogP contribution >= 0.6 is 11.8 Å². The second-order valence-electron chi connectivity index (χ2n) is 9.85. The molecule has 0 fully saturated rings. The molecule has 0 aliphatic heterocycles. The van der Waals surface area contributed by atoms with Crippen molar-refractivity contribution in [2.24, 2.45) is 5.92 Å². The highest BCUT2D eigenvalue weighted by atomic mass is 32.2. The first-order valence-corrected chi connectivity index (χ1v) is 15.5. The van der Waals surface area contributed by atoms with Crippen LogP contribution in [0.1, 0.15) is 44.7 Å². The first-order chi connectivity index (χ1) is 18.1. The molecule has 0 bridgehead atoms. The molecule has 1 amide bonds. The van der Waals surface area contributed by atoms with Gasteiger partial charge in [0.2, 0.25) is 10.0 Å². The number of carbonyl (C=O) groups is 1. The van der Waals surface area contributed by atoms with E-state index in [1.54, 1.807) is 30.2 Å². The van der Waals surface area contributed by atoms with Crippen LogP contribution in [0.25, 0.3) is 11.0 Å². The Morgan fingerprint density at radius 1 is 1.13 bits per heavy atom. The predicted octanol–water partition coefficient (Wildman–Crippen LogP) is 5.35. The van der Waals surface area contributed by atoms with E-state index in [9.17, 15) is 23.4 Å². The van der Waals surface area contributed by atoms with E-state index in [-0.39, 0.29) is 30.3 Å². The van der Waals surface area contributed by atoms with Gasteiger partial charge in [-0.3, -0.25) is 0 Å². The van der Waals surface area contributed by atoms with Gasteiger partial charge in [0.25, 0.3) is 0 Å². The van der Waals surface area contributed by atoms with Gasteiger partial charge in [-0.05, 0) is 48.3 Å². The maximum Gasteiger partial charge on any atom is 0.404 e. The third kappa shape index (κ3) is 8.23. The zero-order valence-electron chi connectivity index (χ0n) is 22.2. The molecule has 3 N–H and O–H groups in total. The highest BCUT2D eigenvalue weighted by molar-refractivity contribution is 7.98. The Hall–Kier alpha value is -2.53. The summed E-state index contributed by atoms with van der Waals surface area (Å²) in [4.78, 5) is 11.6. The molecule has 0 saturated carbocycles. The quantitative estimate of drug-likeness (QED) is 0.214. The van der Waals surface area contributed by atoms with E-state index < -0.39 is 28.3 Å². The molecule has 1 aromatic heterocycles. The summed E-state index contributed by atoms with van der Waals surface area (Å²) in [6, 6.07) is 13.1. The number of hydrogen-bond donors (Lipinski definition) is 3. The summed E-state index contributed by atoms with van der Waals surface area (Å²) in [6.45, 7) is 5.87. The lowest BCUT2D eigenvalue weighted by atomic mass is 10.0. The number of thioether (sulfide) groups is 1. The minimum absolute atomic E-state index is 0.0137. The summed E-state index contributed by atoms with van der Waals surface area (Å²) in [6.07, 6.45) is 1.61. The molecule has 208 valence electrons. The summed E-state index contributed by atoms with van der Waals surface area (Å²) in [5, 5.41) is 23.6. The Kier molecular flexibility index (Phi) is 11.1. The van der Waals surface area contributed by atoms with E-state index in [0.29, 0.717) is 5.58 Å². The maximum absolute atomic E-state index is 13.8. The van der Waals surface area contributed by atoms with Crippen molar-refractivity contribution in [2.75, 3.05) is 18.8 Å². The molecular weight excluding hydrogens is 524 g/mol. The van der Waals surface area contributed by atoms with Crippen LogP contribution in [0.2, 0.25) is 0 Å². The van der Waals surface area contributed by atoms with Crippen molar-refractivity contribution in [3.05, 3.63) is 65.9 Å². The van der Waals surface area contributed by atoms with Gasteiger partial charge < -0.3 is 19.9 Å². The molecule has 1 heterocycles. The Morgan fingerprint density at radius 3 is 2.53 bits per heavy atom. The first kappa shape index (κ1) is 30.0. The molecule has 0 aliphatic carbocycles. The van der Waals surface area contributed by atoms with Crippen molar-refractivity contribution >= 4 is 38.8 Å². The zero-order valence-corrected chi connectivity index (χ0v) is 23.8. The number of fused-ring (bicyclic) bond motifs is 1. The number of nitrogens with one attached hydrogen (secondary N) is 1. The highest BCUT2D eigenvalue weighted by Crippen LogP contribution is 2.29. The van der Waals surface area contributed by atoms with Crippen LogP contribution in [0.5, 0.6) is 0 Å². The number of nitrogens with zero attached hydrogens (tertiary/aromatic N) is 1. The largest absolute Gasteiger partial charge is 0.465 e. The number of rotatable bonds is 15. The number of benzene rings is 2. The van der Waals surface area contributed by atoms with Crippen LogP contribution < -0.4 is 5.32 Å². The van der Waals surface area contributed by atoms with E-state index >= 15 is 0 Å². The fraction of sp³-hybridized carbons (Fsp3) is 0.464. The first-order valence-electron chi connectivity index (χ1n) is 12.9. The number of amides is 1. The average molecular weight is 563 g/mol. The van der Waals surface area contributed by atoms with E-state index in [4.69, 9.17) is 4.42 Å². The molecule has 2 atom stereocenters. The Bertz CT molecular complexity index is 1280. The topological polar surface area (TPSA) is 120 Å². The number of hydrogen-bond acceptors (Lipinski definition) is 6. The number of unbranched alkanes of at least 4 members (excludes halogenated alkanes) is 1. The number of furan rings is 1. The van der Waals surface area contributed by atoms with Crippen molar-refractivity contribution < 1.29 is 27.8 Å². The van der Waals surface area contributed by atoms with Gasteiger partial charge in [0.1, 0.15) is 5.58 Å². The Labute approximate surface area is 229 Å². The monoisotopic (exact) mass is 562 g/mol. The number of sulfonamides is 1. The van der Waals surface area contributed by atoms with Gasteiger partial charge in [0.05, 0.1) is 23.3 Å². The summed E-state index contributed by atoms with van der Waals surface area (Å²) in [7, 11) is -3.99. The minimum Gasteiger partial charge on any atom is -0.465 e. The van der Waals surface area contributed by atoms with Crippen LogP contribution in [0.15, 0.2) is 64.1 Å². The van der Waals surface area contributed by atoms with Gasteiger partial charge in [-0.2, -0.15) is 16.1 Å². The molecule has 2 unspecified atom stereocenters. The normalized spacial score (nSPS) is 13.7. The number of aliphatic hydroxyl groups is 1. The van der Waals surface area contributed by atoms with Gasteiger partial charge >= 0.3 is 6.09 Å². The van der Waals surface area contributed by atoms with Crippen LogP contribution in [0.3, 0.4) is 0 Å². The third-order valence-corrected chi connectivity index (χ3v) is 9.11. The summed E-state index contributed by atoms with van der Waals surface area (Å²) < 4.78 is 34.6. The summed E-state index contributed by atoms with van der Waals surface area (Å²) >= 11 is 1.79. The second kappa shape index (κ2) is 14.0. The van der Waals surface area contributed by atoms with Crippen LogP contribution in [-0.4, -0.2) is 60.0 Å². The van der Waals surface area contributed by atoms with Crippen LogP contribution in [0.4, 0.5) is 4.79 Å². The zero-order chi connectivity index (χ0) is 27.7. The standard InChI is InChI=1S/C28H38N2O6S2/c1-4-5-13-37-19-22-18-36-27-12-11-23(15-24(22)27)38(34,35)30(16-20(2)3)17-26(31)25(29-28(32)33)14-21-9-7-6-8-10-21/h6-12,15,18,20,25-26,29,31H,4-5,13-14,16-17,19H2,1-3H3,(H,32,33). The molecule has 10 heteroatoms.